The van der Waals surface area contributed by atoms with Gasteiger partial charge in [-0.2, -0.15) is 18.4 Å². The van der Waals surface area contributed by atoms with Crippen molar-refractivity contribution < 1.29 is 18.1 Å². The summed E-state index contributed by atoms with van der Waals surface area (Å²) >= 11 is 11.7. The quantitative estimate of drug-likeness (QED) is 0.353. The highest BCUT2D eigenvalue weighted by atomic mass is 35.5. The number of benzene rings is 2. The number of nitriles is 1. The van der Waals surface area contributed by atoms with Crippen LogP contribution in [0, 0.1) is 21.4 Å². The molecule has 31 heavy (non-hydrogen) atoms. The molecule has 1 unspecified atom stereocenters. The normalized spacial score (nSPS) is 12.6. The van der Waals surface area contributed by atoms with E-state index in [1.807, 2.05) is 6.07 Å². The first-order valence-corrected chi connectivity index (χ1v) is 9.15. The fourth-order valence-electron chi connectivity index (χ4n) is 2.77. The summed E-state index contributed by atoms with van der Waals surface area (Å²) in [7, 11) is 0. The first-order chi connectivity index (χ1) is 14.6. The first kappa shape index (κ1) is 22.3. The van der Waals surface area contributed by atoms with Crippen LogP contribution in [-0.2, 0) is 0 Å². The summed E-state index contributed by atoms with van der Waals surface area (Å²) in [4.78, 5) is 13.4. The minimum atomic E-state index is -4.61. The summed E-state index contributed by atoms with van der Waals surface area (Å²) < 4.78 is 41.9. The molecule has 0 fully saturated rings. The Morgan fingerprint density at radius 1 is 1.19 bits per heavy atom. The molecule has 0 radical (unpaired) electrons. The molecular formula is C19H10Cl2F3N5O2. The van der Waals surface area contributed by atoms with Crippen molar-refractivity contribution in [2.75, 3.05) is 0 Å². The van der Waals surface area contributed by atoms with Crippen molar-refractivity contribution in [3.05, 3.63) is 85.7 Å². The van der Waals surface area contributed by atoms with Crippen LogP contribution in [0.25, 0.3) is 11.8 Å². The number of rotatable bonds is 5. The fourth-order valence-corrected chi connectivity index (χ4v) is 3.31. The predicted molar refractivity (Wildman–Crippen MR) is 107 cm³/mol. The van der Waals surface area contributed by atoms with Gasteiger partial charge in [-0.1, -0.05) is 46.4 Å². The van der Waals surface area contributed by atoms with Crippen LogP contribution in [-0.4, -0.2) is 25.9 Å². The van der Waals surface area contributed by atoms with E-state index in [1.165, 1.54) is 42.5 Å². The van der Waals surface area contributed by atoms with E-state index < -0.39 is 23.0 Å². The number of nitrogens with zero attached hydrogens (tertiary/aromatic N) is 5. The van der Waals surface area contributed by atoms with Gasteiger partial charge in [0.15, 0.2) is 0 Å². The molecular weight excluding hydrogens is 458 g/mol. The Labute approximate surface area is 183 Å². The third-order valence-electron chi connectivity index (χ3n) is 4.11. The molecule has 1 heterocycles. The Morgan fingerprint density at radius 3 is 2.42 bits per heavy atom. The zero-order valence-electron chi connectivity index (χ0n) is 15.2. The van der Waals surface area contributed by atoms with E-state index in [0.29, 0.717) is 5.56 Å². The average molecular weight is 468 g/mol. The van der Waals surface area contributed by atoms with Gasteiger partial charge in [0.05, 0.1) is 11.5 Å². The van der Waals surface area contributed by atoms with Crippen molar-refractivity contribution >= 4 is 35.2 Å². The van der Waals surface area contributed by atoms with Crippen LogP contribution in [0.3, 0.4) is 0 Å². The number of hydrogen-bond donors (Lipinski definition) is 0. The van der Waals surface area contributed by atoms with Crippen molar-refractivity contribution in [2.45, 2.75) is 12.1 Å². The highest BCUT2D eigenvalue weighted by Crippen LogP contribution is 2.38. The molecule has 1 atom stereocenters. The molecule has 0 saturated carbocycles. The Kier molecular flexibility index (Phi) is 6.29. The minimum absolute atomic E-state index is 0.0382. The largest absolute Gasteiger partial charge is 0.491 e. The van der Waals surface area contributed by atoms with Gasteiger partial charge in [0, 0.05) is 15.1 Å². The smallest absolute Gasteiger partial charge is 0.390 e. The van der Waals surface area contributed by atoms with E-state index in [0.717, 1.165) is 17.1 Å². The van der Waals surface area contributed by atoms with Crippen LogP contribution < -0.4 is 0 Å². The van der Waals surface area contributed by atoms with E-state index >= 15 is 0 Å². The lowest BCUT2D eigenvalue weighted by atomic mass is 9.96. The molecule has 0 spiro atoms. The lowest BCUT2D eigenvalue weighted by Crippen LogP contribution is -2.18. The monoisotopic (exact) mass is 467 g/mol. The van der Waals surface area contributed by atoms with Crippen molar-refractivity contribution in [1.82, 2.24) is 14.8 Å². The Hall–Kier alpha value is -3.42. The van der Waals surface area contributed by atoms with Crippen molar-refractivity contribution in [3.63, 3.8) is 0 Å². The van der Waals surface area contributed by atoms with Crippen LogP contribution in [0.5, 0.6) is 0 Å². The van der Waals surface area contributed by atoms with Gasteiger partial charge in [-0.15, -0.1) is 4.68 Å². The molecule has 2 aromatic carbocycles. The summed E-state index contributed by atoms with van der Waals surface area (Å²) in [5.74, 6) is -2.63. The summed E-state index contributed by atoms with van der Waals surface area (Å²) in [6, 6.07) is 9.75. The summed E-state index contributed by atoms with van der Waals surface area (Å²) in [5.41, 5.74) is 0.399. The molecule has 0 amide bonds. The number of nitro groups is 1. The van der Waals surface area contributed by atoms with E-state index in [-0.39, 0.29) is 26.9 Å². The van der Waals surface area contributed by atoms with Crippen LogP contribution in [0.1, 0.15) is 22.6 Å². The minimum Gasteiger partial charge on any atom is -0.390 e. The summed E-state index contributed by atoms with van der Waals surface area (Å²) in [6.07, 6.45) is -1.41. The molecule has 3 rings (SSSR count). The van der Waals surface area contributed by atoms with Gasteiger partial charge in [-0.05, 0) is 46.4 Å². The summed E-state index contributed by atoms with van der Waals surface area (Å²) in [6.45, 7) is 0. The van der Waals surface area contributed by atoms with E-state index in [2.05, 4.69) is 10.1 Å². The molecule has 12 heteroatoms. The molecule has 3 aromatic rings. The maximum absolute atomic E-state index is 13.6. The van der Waals surface area contributed by atoms with Crippen molar-refractivity contribution in [1.29, 1.82) is 5.26 Å². The maximum Gasteiger partial charge on any atom is 0.491 e. The zero-order valence-corrected chi connectivity index (χ0v) is 16.7. The topological polar surface area (TPSA) is 97.6 Å². The molecule has 0 saturated heterocycles. The second kappa shape index (κ2) is 8.75. The van der Waals surface area contributed by atoms with E-state index in [9.17, 15) is 28.5 Å². The Balaban J connectivity index is 1.96. The number of aromatic nitrogens is 3. The van der Waals surface area contributed by atoms with Crippen LogP contribution in [0.15, 0.2) is 48.8 Å². The predicted octanol–water partition coefficient (Wildman–Crippen LogP) is 5.71. The molecule has 0 aliphatic rings. The van der Waals surface area contributed by atoms with Gasteiger partial charge in [-0.25, -0.2) is 0 Å². The molecule has 158 valence electrons. The van der Waals surface area contributed by atoms with E-state index in [4.69, 9.17) is 23.2 Å². The SMILES string of the molecule is N#Cc1cc(C=CC(c2cc(Cl)cc(Cl)c2)C(F)(F)F)ccc1-n1cnc([N+](=O)[O-])n1. The van der Waals surface area contributed by atoms with Gasteiger partial charge >= 0.3 is 12.1 Å². The third-order valence-corrected chi connectivity index (χ3v) is 4.55. The van der Waals surface area contributed by atoms with Gasteiger partial charge in [-0.3, -0.25) is 0 Å². The van der Waals surface area contributed by atoms with Crippen LogP contribution >= 0.6 is 23.2 Å². The molecule has 7 nitrogen and oxygen atoms in total. The average Bonchev–Trinajstić information content (AvgIpc) is 3.16. The Bertz CT molecular complexity index is 1200. The number of allylic oxidation sites excluding steroid dienone is 1. The van der Waals surface area contributed by atoms with Crippen molar-refractivity contribution in [2.24, 2.45) is 0 Å². The van der Waals surface area contributed by atoms with Gasteiger partial charge in [0.2, 0.25) is 6.33 Å². The highest BCUT2D eigenvalue weighted by molar-refractivity contribution is 6.34. The van der Waals surface area contributed by atoms with Gasteiger partial charge in [0.25, 0.3) is 0 Å². The summed E-state index contributed by atoms with van der Waals surface area (Å²) in [5, 5.41) is 23.9. The maximum atomic E-state index is 13.6. The standard InChI is InChI=1S/C19H10Cl2F3N5O2/c20-14-6-12(7-15(21)8-14)16(19(22,23)24)3-1-11-2-4-17(13(5-11)9-25)28-10-26-18(27-28)29(30)31/h1-8,10,16H. The van der Waals surface area contributed by atoms with Crippen molar-refractivity contribution in [3.8, 4) is 11.8 Å². The molecule has 0 N–H and O–H groups in total. The Morgan fingerprint density at radius 2 is 1.87 bits per heavy atom. The lowest BCUT2D eigenvalue weighted by Gasteiger charge is -2.18. The molecule has 0 aliphatic heterocycles. The van der Waals surface area contributed by atoms with Gasteiger partial charge in [0.1, 0.15) is 11.8 Å². The lowest BCUT2D eigenvalue weighted by molar-refractivity contribution is -0.394. The molecule has 0 bridgehead atoms. The van der Waals surface area contributed by atoms with Crippen LogP contribution in [0.4, 0.5) is 19.1 Å². The number of halogens is 5. The highest BCUT2D eigenvalue weighted by Gasteiger charge is 2.39. The number of hydrogen-bond acceptors (Lipinski definition) is 5. The number of alkyl halides is 3. The van der Waals surface area contributed by atoms with E-state index in [1.54, 1.807) is 0 Å². The second-order valence-corrected chi connectivity index (χ2v) is 7.09. The third kappa shape index (κ3) is 5.20. The van der Waals surface area contributed by atoms with Crippen LogP contribution in [0.2, 0.25) is 10.0 Å². The van der Waals surface area contributed by atoms with Gasteiger partial charge < -0.3 is 10.1 Å². The fraction of sp³-hybridized carbons (Fsp3) is 0.105. The molecule has 0 aliphatic carbocycles. The first-order valence-electron chi connectivity index (χ1n) is 8.40. The zero-order chi connectivity index (χ0) is 22.8. The molecule has 1 aromatic heterocycles. The second-order valence-electron chi connectivity index (χ2n) is 6.22.